The van der Waals surface area contributed by atoms with Crippen LogP contribution in [-0.2, 0) is 4.74 Å². The molecule has 0 aliphatic carbocycles. The molecule has 8 nitrogen and oxygen atoms in total. The zero-order valence-electron chi connectivity index (χ0n) is 17.7. The molecule has 0 saturated heterocycles. The number of hydrogen-bond donors (Lipinski definition) is 2. The van der Waals surface area contributed by atoms with Gasteiger partial charge >= 0.3 is 0 Å². The third kappa shape index (κ3) is 4.92. The second kappa shape index (κ2) is 9.90. The molecule has 0 bridgehead atoms. The Morgan fingerprint density at radius 1 is 1.00 bits per heavy atom. The van der Waals surface area contributed by atoms with E-state index in [4.69, 9.17) is 19.4 Å². The predicted octanol–water partition coefficient (Wildman–Crippen LogP) is 4.41. The lowest BCUT2D eigenvalue weighted by Crippen LogP contribution is -2.10. The number of aromatic nitrogens is 4. The van der Waals surface area contributed by atoms with Gasteiger partial charge < -0.3 is 20.1 Å². The van der Waals surface area contributed by atoms with E-state index >= 15 is 0 Å². The third-order valence-electron chi connectivity index (χ3n) is 4.73. The summed E-state index contributed by atoms with van der Waals surface area (Å²) in [5.74, 6) is 2.02. The van der Waals surface area contributed by atoms with Crippen molar-refractivity contribution < 1.29 is 9.47 Å². The molecule has 2 aromatic heterocycles. The van der Waals surface area contributed by atoms with Crippen LogP contribution < -0.4 is 15.4 Å². The molecule has 2 N–H and O–H groups in total. The first kappa shape index (κ1) is 20.6. The zero-order valence-corrected chi connectivity index (χ0v) is 17.7. The van der Waals surface area contributed by atoms with Gasteiger partial charge in [-0.2, -0.15) is 15.1 Å². The van der Waals surface area contributed by atoms with Gasteiger partial charge in [-0.15, -0.1) is 0 Å². The molecule has 0 aliphatic rings. The number of nitrogens with one attached hydrogen (secondary N) is 2. The number of benzene rings is 2. The van der Waals surface area contributed by atoms with E-state index in [2.05, 4.69) is 15.7 Å². The first-order valence-corrected chi connectivity index (χ1v) is 10.3. The number of ether oxygens (including phenoxy) is 2. The predicted molar refractivity (Wildman–Crippen MR) is 123 cm³/mol. The second-order valence-corrected chi connectivity index (χ2v) is 6.86. The van der Waals surface area contributed by atoms with E-state index in [0.717, 1.165) is 34.6 Å². The van der Waals surface area contributed by atoms with Crippen molar-refractivity contribution in [1.29, 1.82) is 0 Å². The summed E-state index contributed by atoms with van der Waals surface area (Å²) in [7, 11) is 1.65. The minimum atomic E-state index is 0.540. The van der Waals surface area contributed by atoms with Crippen LogP contribution >= 0.6 is 0 Å². The Morgan fingerprint density at radius 2 is 1.81 bits per heavy atom. The third-order valence-corrected chi connectivity index (χ3v) is 4.73. The molecule has 4 rings (SSSR count). The molecule has 0 aliphatic heterocycles. The van der Waals surface area contributed by atoms with Gasteiger partial charge in [0.15, 0.2) is 5.65 Å². The topological polar surface area (TPSA) is 86.1 Å². The van der Waals surface area contributed by atoms with E-state index < -0.39 is 0 Å². The number of hydrogen-bond acceptors (Lipinski definition) is 7. The maximum atomic E-state index is 5.41. The van der Waals surface area contributed by atoms with Crippen molar-refractivity contribution in [2.24, 2.45) is 0 Å². The molecule has 0 amide bonds. The number of anilines is 3. The van der Waals surface area contributed by atoms with Crippen LogP contribution in [0.1, 0.15) is 13.3 Å². The molecular weight excluding hydrogens is 392 g/mol. The van der Waals surface area contributed by atoms with Crippen molar-refractivity contribution in [2.75, 3.05) is 37.5 Å². The molecule has 2 heterocycles. The Kier molecular flexibility index (Phi) is 6.59. The van der Waals surface area contributed by atoms with E-state index in [1.165, 1.54) is 0 Å². The summed E-state index contributed by atoms with van der Waals surface area (Å²) in [6, 6.07) is 17.6. The first-order valence-electron chi connectivity index (χ1n) is 10.3. The monoisotopic (exact) mass is 418 g/mol. The maximum absolute atomic E-state index is 5.41. The van der Waals surface area contributed by atoms with Crippen molar-refractivity contribution >= 4 is 28.5 Å². The van der Waals surface area contributed by atoms with E-state index in [9.17, 15) is 0 Å². The fraction of sp³-hybridized carbons (Fsp3) is 0.261. The average molecular weight is 419 g/mol. The summed E-state index contributed by atoms with van der Waals surface area (Å²) < 4.78 is 12.5. The lowest BCUT2D eigenvalue weighted by atomic mass is 10.3. The molecule has 2 aromatic carbocycles. The molecule has 160 valence electrons. The summed E-state index contributed by atoms with van der Waals surface area (Å²) in [5.41, 5.74) is 2.56. The lowest BCUT2D eigenvalue weighted by molar-refractivity contribution is 0.147. The highest BCUT2D eigenvalue weighted by Crippen LogP contribution is 2.27. The number of methoxy groups -OCH3 is 1. The van der Waals surface area contributed by atoms with Crippen LogP contribution in [0.3, 0.4) is 0 Å². The summed E-state index contributed by atoms with van der Waals surface area (Å²) in [4.78, 5) is 9.44. The van der Waals surface area contributed by atoms with Crippen LogP contribution in [0.2, 0.25) is 0 Å². The molecule has 0 saturated carbocycles. The maximum Gasteiger partial charge on any atom is 0.226 e. The minimum Gasteiger partial charge on any atom is -0.497 e. The largest absolute Gasteiger partial charge is 0.497 e. The smallest absolute Gasteiger partial charge is 0.226 e. The minimum absolute atomic E-state index is 0.540. The summed E-state index contributed by atoms with van der Waals surface area (Å²) in [6.07, 6.45) is 2.65. The molecule has 4 aromatic rings. The Labute approximate surface area is 181 Å². The molecule has 8 heteroatoms. The van der Waals surface area contributed by atoms with Gasteiger partial charge in [0.1, 0.15) is 11.6 Å². The van der Waals surface area contributed by atoms with Crippen molar-refractivity contribution in [3.63, 3.8) is 0 Å². The van der Waals surface area contributed by atoms with E-state index in [1.54, 1.807) is 13.3 Å². The van der Waals surface area contributed by atoms with Crippen LogP contribution in [0.15, 0.2) is 60.8 Å². The number of fused-ring (bicyclic) bond motifs is 1. The second-order valence-electron chi connectivity index (χ2n) is 6.86. The van der Waals surface area contributed by atoms with Crippen LogP contribution in [-0.4, -0.2) is 46.6 Å². The van der Waals surface area contributed by atoms with Gasteiger partial charge in [-0.3, -0.25) is 0 Å². The summed E-state index contributed by atoms with van der Waals surface area (Å²) in [5, 5.41) is 12.1. The average Bonchev–Trinajstić information content (AvgIpc) is 3.24. The molecular formula is C23H26N6O2. The number of para-hydroxylation sites is 1. The fourth-order valence-electron chi connectivity index (χ4n) is 3.17. The van der Waals surface area contributed by atoms with Crippen LogP contribution in [0.25, 0.3) is 16.7 Å². The highest BCUT2D eigenvalue weighted by molar-refractivity contribution is 5.90. The molecule has 31 heavy (non-hydrogen) atoms. The van der Waals surface area contributed by atoms with E-state index in [0.29, 0.717) is 31.5 Å². The summed E-state index contributed by atoms with van der Waals surface area (Å²) in [6.45, 7) is 4.12. The fourth-order valence-corrected chi connectivity index (χ4v) is 3.17. The van der Waals surface area contributed by atoms with Gasteiger partial charge in [0.25, 0.3) is 0 Å². The lowest BCUT2D eigenvalue weighted by Gasteiger charge is -2.11. The van der Waals surface area contributed by atoms with Gasteiger partial charge in [0, 0.05) is 25.4 Å². The van der Waals surface area contributed by atoms with Crippen LogP contribution in [0, 0.1) is 0 Å². The quantitative estimate of drug-likeness (QED) is 0.369. The Balaban J connectivity index is 1.67. The van der Waals surface area contributed by atoms with E-state index in [-0.39, 0.29) is 0 Å². The van der Waals surface area contributed by atoms with Gasteiger partial charge in [-0.25, -0.2) is 4.68 Å². The van der Waals surface area contributed by atoms with Crippen LogP contribution in [0.4, 0.5) is 17.5 Å². The van der Waals surface area contributed by atoms with Crippen molar-refractivity contribution in [3.8, 4) is 11.4 Å². The van der Waals surface area contributed by atoms with Gasteiger partial charge in [-0.05, 0) is 49.7 Å². The SMILES string of the molecule is CCOCCCNc1nc(Nc2ccc(OC)cc2)c2cnn(-c3ccccc3)c2n1. The molecule has 0 spiro atoms. The zero-order chi connectivity index (χ0) is 21.5. The Hall–Kier alpha value is -3.65. The highest BCUT2D eigenvalue weighted by atomic mass is 16.5. The van der Waals surface area contributed by atoms with Crippen molar-refractivity contribution in [3.05, 3.63) is 60.8 Å². The Morgan fingerprint density at radius 3 is 2.55 bits per heavy atom. The normalized spacial score (nSPS) is 10.9. The number of nitrogens with zero attached hydrogens (tertiary/aromatic N) is 4. The summed E-state index contributed by atoms with van der Waals surface area (Å²) >= 11 is 0. The number of rotatable bonds is 10. The molecule has 0 atom stereocenters. The molecule has 0 unspecified atom stereocenters. The van der Waals surface area contributed by atoms with Crippen molar-refractivity contribution in [1.82, 2.24) is 19.7 Å². The standard InChI is InChI=1S/C23H26N6O2/c1-3-31-15-7-14-24-23-27-21(26-17-10-12-19(30-2)13-11-17)20-16-25-29(22(20)28-23)18-8-5-4-6-9-18/h4-6,8-13,16H,3,7,14-15H2,1-2H3,(H2,24,26,27,28). The molecule has 0 fully saturated rings. The highest BCUT2D eigenvalue weighted by Gasteiger charge is 2.14. The van der Waals surface area contributed by atoms with Crippen LogP contribution in [0.5, 0.6) is 5.75 Å². The van der Waals surface area contributed by atoms with Gasteiger partial charge in [0.05, 0.1) is 24.4 Å². The Bertz CT molecular complexity index is 1110. The molecule has 0 radical (unpaired) electrons. The van der Waals surface area contributed by atoms with Gasteiger partial charge in [0.2, 0.25) is 5.95 Å². The van der Waals surface area contributed by atoms with Gasteiger partial charge in [-0.1, -0.05) is 18.2 Å². The first-order chi connectivity index (χ1) is 15.3. The van der Waals surface area contributed by atoms with E-state index in [1.807, 2.05) is 66.2 Å². The van der Waals surface area contributed by atoms with Crippen molar-refractivity contribution in [2.45, 2.75) is 13.3 Å².